The molecule has 0 bridgehead atoms. The first-order valence-electron chi connectivity index (χ1n) is 9.60. The summed E-state index contributed by atoms with van der Waals surface area (Å²) in [5.41, 5.74) is 2.07. The monoisotopic (exact) mass is 422 g/mol. The van der Waals surface area contributed by atoms with E-state index in [4.69, 9.17) is 4.98 Å². The maximum absolute atomic E-state index is 12.8. The quantitative estimate of drug-likeness (QED) is 0.491. The van der Waals surface area contributed by atoms with Crippen LogP contribution in [-0.2, 0) is 18.4 Å². The lowest BCUT2D eigenvalue weighted by molar-refractivity contribution is -0.122. The molecule has 0 aliphatic heterocycles. The third-order valence-corrected chi connectivity index (χ3v) is 5.65. The molecule has 2 aromatic heterocycles. The van der Waals surface area contributed by atoms with Gasteiger partial charge in [-0.05, 0) is 42.7 Å². The van der Waals surface area contributed by atoms with E-state index < -0.39 is 0 Å². The molecular weight excluding hydrogens is 400 g/mol. The molecule has 30 heavy (non-hydrogen) atoms. The number of nitrogens with one attached hydrogen (secondary N) is 1. The van der Waals surface area contributed by atoms with Gasteiger partial charge in [0.1, 0.15) is 17.9 Å². The summed E-state index contributed by atoms with van der Waals surface area (Å²) in [6.07, 6.45) is 2.75. The second-order valence-corrected chi connectivity index (χ2v) is 7.97. The van der Waals surface area contributed by atoms with E-state index in [1.165, 1.54) is 0 Å². The summed E-state index contributed by atoms with van der Waals surface area (Å²) in [5, 5.41) is 11.4. The molecule has 8 nitrogen and oxygen atoms in total. The number of nitrogens with zero attached hydrogens (tertiary/aromatic N) is 5. The summed E-state index contributed by atoms with van der Waals surface area (Å²) >= 11 is 1.71. The van der Waals surface area contributed by atoms with Crippen LogP contribution in [0, 0.1) is 0 Å². The van der Waals surface area contributed by atoms with Gasteiger partial charge in [-0.25, -0.2) is 9.67 Å². The largest absolute Gasteiger partial charge is 0.344 e. The maximum atomic E-state index is 12.8. The molecule has 0 saturated carbocycles. The van der Waals surface area contributed by atoms with Crippen LogP contribution in [0.1, 0.15) is 18.3 Å². The van der Waals surface area contributed by atoms with Crippen LogP contribution in [0.4, 0.5) is 0 Å². The van der Waals surface area contributed by atoms with Gasteiger partial charge >= 0.3 is 0 Å². The van der Waals surface area contributed by atoms with Crippen LogP contribution in [0.2, 0.25) is 0 Å². The van der Waals surface area contributed by atoms with Crippen molar-refractivity contribution < 1.29 is 4.79 Å². The number of fused-ring (bicyclic) bond motifs is 2. The average molecular weight is 423 g/mol. The Balaban J connectivity index is 1.59. The summed E-state index contributed by atoms with van der Waals surface area (Å²) < 4.78 is 3.10. The Labute approximate surface area is 177 Å². The topological polar surface area (TPSA) is 94.7 Å². The summed E-state index contributed by atoms with van der Waals surface area (Å²) in [6, 6.07) is 14.6. The lowest BCUT2D eigenvalue weighted by Gasteiger charge is -2.18. The maximum Gasteiger partial charge on any atom is 0.278 e. The number of para-hydroxylation sites is 2. The molecule has 2 aromatic carbocycles. The standard InChI is InChI=1S/C21H22N6O2S/c1-26-18-10-6-5-9-16(18)23-20(26)17(11-12-30-2)22-19(28)13-27-21(29)14-7-3-4-8-15(14)24-25-27/h3-10,17H,11-13H2,1-2H3,(H,22,28). The van der Waals surface area contributed by atoms with Crippen molar-refractivity contribution in [2.75, 3.05) is 12.0 Å². The molecule has 1 amide bonds. The van der Waals surface area contributed by atoms with Crippen molar-refractivity contribution in [3.8, 4) is 0 Å². The first-order chi connectivity index (χ1) is 14.6. The number of aromatic nitrogens is 5. The number of carbonyl (C=O) groups is 1. The normalized spacial score (nSPS) is 12.3. The Kier molecular flexibility index (Phi) is 5.80. The van der Waals surface area contributed by atoms with Gasteiger partial charge in [0, 0.05) is 7.05 Å². The predicted octanol–water partition coefficient (Wildman–Crippen LogP) is 2.29. The average Bonchev–Trinajstić information content (AvgIpc) is 3.10. The highest BCUT2D eigenvalue weighted by molar-refractivity contribution is 7.98. The fourth-order valence-corrected chi connectivity index (χ4v) is 3.95. The van der Waals surface area contributed by atoms with E-state index in [2.05, 4.69) is 15.6 Å². The van der Waals surface area contributed by atoms with Crippen LogP contribution < -0.4 is 10.9 Å². The van der Waals surface area contributed by atoms with E-state index in [1.807, 2.05) is 42.1 Å². The number of imidazole rings is 1. The second-order valence-electron chi connectivity index (χ2n) is 6.99. The van der Waals surface area contributed by atoms with Crippen LogP contribution >= 0.6 is 11.8 Å². The predicted molar refractivity (Wildman–Crippen MR) is 118 cm³/mol. The molecule has 2 heterocycles. The lowest BCUT2D eigenvalue weighted by Crippen LogP contribution is -2.37. The Morgan fingerprint density at radius 3 is 2.63 bits per heavy atom. The number of hydrogen-bond donors (Lipinski definition) is 1. The molecular formula is C21H22N6O2S. The van der Waals surface area contributed by atoms with E-state index >= 15 is 0 Å². The summed E-state index contributed by atoms with van der Waals surface area (Å²) in [7, 11) is 1.95. The van der Waals surface area contributed by atoms with E-state index in [-0.39, 0.29) is 24.1 Å². The Morgan fingerprint density at radius 1 is 1.13 bits per heavy atom. The lowest BCUT2D eigenvalue weighted by atomic mass is 10.2. The van der Waals surface area contributed by atoms with Crippen molar-refractivity contribution in [3.63, 3.8) is 0 Å². The number of thioether (sulfide) groups is 1. The van der Waals surface area contributed by atoms with Crippen molar-refractivity contribution in [3.05, 3.63) is 64.7 Å². The van der Waals surface area contributed by atoms with Crippen LogP contribution in [0.25, 0.3) is 21.9 Å². The van der Waals surface area contributed by atoms with Crippen molar-refractivity contribution in [2.45, 2.75) is 19.0 Å². The van der Waals surface area contributed by atoms with E-state index in [0.29, 0.717) is 10.9 Å². The van der Waals surface area contributed by atoms with Gasteiger partial charge in [0.2, 0.25) is 5.91 Å². The zero-order valence-electron chi connectivity index (χ0n) is 16.8. The highest BCUT2D eigenvalue weighted by Crippen LogP contribution is 2.22. The van der Waals surface area contributed by atoms with Crippen molar-refractivity contribution >= 4 is 39.6 Å². The summed E-state index contributed by atoms with van der Waals surface area (Å²) in [4.78, 5) is 30.1. The van der Waals surface area contributed by atoms with Gasteiger partial charge < -0.3 is 9.88 Å². The Hall–Kier alpha value is -3.20. The Morgan fingerprint density at radius 2 is 1.87 bits per heavy atom. The molecule has 4 aromatic rings. The SMILES string of the molecule is CSCCC(NC(=O)Cn1nnc2ccccc2c1=O)c1nc2ccccc2n1C. The van der Waals surface area contributed by atoms with E-state index in [9.17, 15) is 9.59 Å². The second kappa shape index (κ2) is 8.66. The smallest absolute Gasteiger partial charge is 0.278 e. The van der Waals surface area contributed by atoms with Gasteiger partial charge in [-0.3, -0.25) is 9.59 Å². The number of carbonyl (C=O) groups excluding carboxylic acids is 1. The van der Waals surface area contributed by atoms with Crippen LogP contribution in [0.3, 0.4) is 0 Å². The fraction of sp³-hybridized carbons (Fsp3) is 0.286. The molecule has 4 rings (SSSR count). The molecule has 0 aliphatic carbocycles. The molecule has 0 spiro atoms. The molecule has 0 saturated heterocycles. The van der Waals surface area contributed by atoms with Crippen LogP contribution in [-0.4, -0.2) is 42.5 Å². The highest BCUT2D eigenvalue weighted by atomic mass is 32.2. The number of aryl methyl sites for hydroxylation is 1. The number of hydrogen-bond acceptors (Lipinski definition) is 6. The van der Waals surface area contributed by atoms with Gasteiger partial charge in [0.25, 0.3) is 5.56 Å². The zero-order chi connectivity index (χ0) is 21.1. The molecule has 1 N–H and O–H groups in total. The third-order valence-electron chi connectivity index (χ3n) is 5.00. The molecule has 0 aliphatic rings. The van der Waals surface area contributed by atoms with Gasteiger partial charge in [0.15, 0.2) is 0 Å². The van der Waals surface area contributed by atoms with Gasteiger partial charge in [-0.1, -0.05) is 29.5 Å². The minimum atomic E-state index is -0.334. The Bertz CT molecular complexity index is 1270. The van der Waals surface area contributed by atoms with Gasteiger partial charge in [0.05, 0.1) is 22.5 Å². The van der Waals surface area contributed by atoms with Crippen molar-refractivity contribution in [1.29, 1.82) is 0 Å². The number of rotatable bonds is 7. The third kappa shape index (κ3) is 3.93. The first kappa shape index (κ1) is 20.1. The first-order valence-corrected chi connectivity index (χ1v) is 11.0. The zero-order valence-corrected chi connectivity index (χ0v) is 17.6. The highest BCUT2D eigenvalue weighted by Gasteiger charge is 2.21. The van der Waals surface area contributed by atoms with Gasteiger partial charge in [-0.15, -0.1) is 5.10 Å². The van der Waals surface area contributed by atoms with E-state index in [0.717, 1.165) is 33.7 Å². The molecule has 0 fully saturated rings. The molecule has 0 radical (unpaired) electrons. The summed E-state index contributed by atoms with van der Waals surface area (Å²) in [6.45, 7) is -0.198. The van der Waals surface area contributed by atoms with Crippen molar-refractivity contribution in [1.82, 2.24) is 29.9 Å². The minimum Gasteiger partial charge on any atom is -0.344 e. The van der Waals surface area contributed by atoms with Crippen molar-refractivity contribution in [2.24, 2.45) is 7.05 Å². The van der Waals surface area contributed by atoms with Crippen LogP contribution in [0.15, 0.2) is 53.3 Å². The van der Waals surface area contributed by atoms with Gasteiger partial charge in [-0.2, -0.15) is 11.8 Å². The summed E-state index contributed by atoms with van der Waals surface area (Å²) in [5.74, 6) is 1.35. The number of amides is 1. The molecule has 9 heteroatoms. The minimum absolute atomic E-state index is 0.198. The van der Waals surface area contributed by atoms with E-state index in [1.54, 1.807) is 36.0 Å². The molecule has 154 valence electrons. The van der Waals surface area contributed by atoms with Crippen LogP contribution in [0.5, 0.6) is 0 Å². The fourth-order valence-electron chi connectivity index (χ4n) is 3.48. The number of benzene rings is 2. The molecule has 1 atom stereocenters. The molecule has 1 unspecified atom stereocenters.